The van der Waals surface area contributed by atoms with Crippen molar-refractivity contribution in [1.29, 1.82) is 0 Å². The van der Waals surface area contributed by atoms with Gasteiger partial charge in [-0.05, 0) is 42.0 Å². The lowest BCUT2D eigenvalue weighted by molar-refractivity contribution is 0.207. The number of ether oxygens (including phenoxy) is 1. The second-order valence-electron chi connectivity index (χ2n) is 5.23. The molecule has 0 bridgehead atoms. The minimum absolute atomic E-state index is 0.255. The predicted molar refractivity (Wildman–Crippen MR) is 83.9 cm³/mol. The fraction of sp³-hybridized carbons (Fsp3) is 0.176. The highest BCUT2D eigenvalue weighted by Crippen LogP contribution is 2.19. The molecule has 1 heterocycles. The van der Waals surface area contributed by atoms with E-state index >= 15 is 0 Å². The summed E-state index contributed by atoms with van der Waals surface area (Å²) >= 11 is 0. The Labute approximate surface area is 133 Å². The number of hydrogen-bond acceptors (Lipinski definition) is 4. The van der Waals surface area contributed by atoms with Crippen LogP contribution in [-0.2, 0) is 11.3 Å². The summed E-state index contributed by atoms with van der Waals surface area (Å²) in [6, 6.07) is 12.6. The smallest absolute Gasteiger partial charge is 0.222 e. The summed E-state index contributed by atoms with van der Waals surface area (Å²) in [6.45, 7) is 1.14. The van der Waals surface area contributed by atoms with Gasteiger partial charge in [0.25, 0.3) is 0 Å². The van der Waals surface area contributed by atoms with Crippen molar-refractivity contribution >= 4 is 5.69 Å². The van der Waals surface area contributed by atoms with Crippen LogP contribution in [0.4, 0.5) is 14.5 Å². The molecule has 0 aromatic heterocycles. The average Bonchev–Trinajstić information content (AvgIpc) is 2.57. The third-order valence-electron chi connectivity index (χ3n) is 3.53. The monoisotopic (exact) mass is 317 g/mol. The van der Waals surface area contributed by atoms with Gasteiger partial charge in [-0.3, -0.25) is 10.4 Å². The second kappa shape index (κ2) is 6.56. The van der Waals surface area contributed by atoms with Gasteiger partial charge in [0.05, 0.1) is 19.0 Å². The van der Waals surface area contributed by atoms with Gasteiger partial charge in [0, 0.05) is 6.54 Å². The first kappa shape index (κ1) is 15.1. The lowest BCUT2D eigenvalue weighted by Crippen LogP contribution is -2.48. The molecule has 1 aliphatic rings. The molecule has 0 saturated carbocycles. The molecular formula is C17H17F2N3O. The largest absolute Gasteiger partial charge is 0.480 e. The predicted octanol–water partition coefficient (Wildman–Crippen LogP) is 3.19. The summed E-state index contributed by atoms with van der Waals surface area (Å²) in [5, 5.41) is 1.85. The van der Waals surface area contributed by atoms with E-state index in [2.05, 4.69) is 5.43 Å². The summed E-state index contributed by atoms with van der Waals surface area (Å²) in [5.41, 5.74) is 4.91. The first-order valence-corrected chi connectivity index (χ1v) is 7.18. The molecule has 0 spiro atoms. The number of methoxy groups -OCH3 is 1. The number of benzene rings is 2. The lowest BCUT2D eigenvalue weighted by atomic mass is 10.2. The average molecular weight is 317 g/mol. The van der Waals surface area contributed by atoms with E-state index in [1.165, 1.54) is 24.3 Å². The molecule has 0 unspecified atom stereocenters. The van der Waals surface area contributed by atoms with Crippen LogP contribution >= 0.6 is 0 Å². The van der Waals surface area contributed by atoms with E-state index in [4.69, 9.17) is 4.74 Å². The van der Waals surface area contributed by atoms with Crippen LogP contribution < -0.4 is 10.4 Å². The molecule has 3 rings (SSSR count). The van der Waals surface area contributed by atoms with Crippen LogP contribution in [0.15, 0.2) is 60.6 Å². The number of hydrogen-bond donors (Lipinski definition) is 1. The summed E-state index contributed by atoms with van der Waals surface area (Å²) in [5.74, 6) is 0.0363. The number of nitrogens with one attached hydrogen (secondary N) is 1. The van der Waals surface area contributed by atoms with Gasteiger partial charge in [0.2, 0.25) is 5.88 Å². The van der Waals surface area contributed by atoms with Crippen LogP contribution in [-0.4, -0.2) is 18.7 Å². The Morgan fingerprint density at radius 2 is 1.61 bits per heavy atom. The Morgan fingerprint density at radius 1 is 1.00 bits per heavy atom. The topological polar surface area (TPSA) is 27.7 Å². The fourth-order valence-corrected chi connectivity index (χ4v) is 2.37. The Morgan fingerprint density at radius 3 is 2.22 bits per heavy atom. The van der Waals surface area contributed by atoms with E-state index in [1.807, 2.05) is 16.1 Å². The number of anilines is 1. The zero-order valence-corrected chi connectivity index (χ0v) is 12.7. The van der Waals surface area contributed by atoms with Gasteiger partial charge in [0.1, 0.15) is 18.3 Å². The molecule has 120 valence electrons. The molecule has 2 aromatic rings. The molecule has 6 heteroatoms. The third-order valence-corrected chi connectivity index (χ3v) is 3.53. The van der Waals surface area contributed by atoms with Crippen molar-refractivity contribution in [3.05, 3.63) is 77.8 Å². The maximum atomic E-state index is 13.1. The van der Waals surface area contributed by atoms with Gasteiger partial charge < -0.3 is 9.64 Å². The van der Waals surface area contributed by atoms with Gasteiger partial charge >= 0.3 is 0 Å². The normalized spacial score (nSPS) is 14.3. The van der Waals surface area contributed by atoms with Gasteiger partial charge in [-0.1, -0.05) is 12.1 Å². The number of hydrazine groups is 1. The van der Waals surface area contributed by atoms with Gasteiger partial charge in [0.15, 0.2) is 0 Å². The van der Waals surface area contributed by atoms with Crippen LogP contribution in [0.3, 0.4) is 0 Å². The van der Waals surface area contributed by atoms with E-state index in [9.17, 15) is 8.78 Å². The van der Waals surface area contributed by atoms with Gasteiger partial charge in [-0.2, -0.15) is 0 Å². The first-order chi connectivity index (χ1) is 11.1. The van der Waals surface area contributed by atoms with E-state index < -0.39 is 0 Å². The molecule has 0 amide bonds. The van der Waals surface area contributed by atoms with Gasteiger partial charge in [-0.25, -0.2) is 8.78 Å². The highest BCUT2D eigenvalue weighted by Gasteiger charge is 2.18. The quantitative estimate of drug-likeness (QED) is 0.937. The summed E-state index contributed by atoms with van der Waals surface area (Å²) in [4.78, 5) is 2.02. The molecule has 1 aliphatic heterocycles. The van der Waals surface area contributed by atoms with Crippen molar-refractivity contribution in [2.45, 2.75) is 6.54 Å². The van der Waals surface area contributed by atoms with Crippen molar-refractivity contribution < 1.29 is 13.5 Å². The Kier molecular flexibility index (Phi) is 4.32. The molecule has 0 aliphatic carbocycles. The molecule has 0 radical (unpaired) electrons. The highest BCUT2D eigenvalue weighted by atomic mass is 19.1. The minimum Gasteiger partial charge on any atom is -0.480 e. The minimum atomic E-state index is -0.281. The SMILES string of the molecule is COC1=CN(Cc2ccc(F)cc2)CN(c2ccc(F)cc2)N1. The molecule has 23 heavy (non-hydrogen) atoms. The number of rotatable bonds is 4. The molecule has 0 saturated heterocycles. The third kappa shape index (κ3) is 3.71. The van der Waals surface area contributed by atoms with Crippen LogP contribution in [0, 0.1) is 11.6 Å². The zero-order valence-electron chi connectivity index (χ0n) is 12.7. The summed E-state index contributed by atoms with van der Waals surface area (Å²) in [6.07, 6.45) is 1.85. The van der Waals surface area contributed by atoms with Crippen molar-refractivity contribution in [3.8, 4) is 0 Å². The number of halogens is 2. The summed E-state index contributed by atoms with van der Waals surface area (Å²) < 4.78 is 31.4. The van der Waals surface area contributed by atoms with Crippen molar-refractivity contribution in [2.75, 3.05) is 18.8 Å². The fourth-order valence-electron chi connectivity index (χ4n) is 2.37. The number of nitrogens with zero attached hydrogens (tertiary/aromatic N) is 2. The Balaban J connectivity index is 1.77. The van der Waals surface area contributed by atoms with Crippen molar-refractivity contribution in [1.82, 2.24) is 10.3 Å². The second-order valence-corrected chi connectivity index (χ2v) is 5.23. The Hall–Kier alpha value is -2.76. The Bertz CT molecular complexity index is 686. The van der Waals surface area contributed by atoms with Crippen LogP contribution in [0.5, 0.6) is 0 Å². The molecule has 2 aromatic carbocycles. The van der Waals surface area contributed by atoms with E-state index in [0.717, 1.165) is 11.3 Å². The van der Waals surface area contributed by atoms with E-state index in [0.29, 0.717) is 19.1 Å². The van der Waals surface area contributed by atoms with Crippen LogP contribution in [0.2, 0.25) is 0 Å². The van der Waals surface area contributed by atoms with Crippen molar-refractivity contribution in [3.63, 3.8) is 0 Å². The van der Waals surface area contributed by atoms with Crippen LogP contribution in [0.1, 0.15) is 5.56 Å². The lowest BCUT2D eigenvalue weighted by Gasteiger charge is -2.37. The van der Waals surface area contributed by atoms with E-state index in [1.54, 1.807) is 31.4 Å². The molecule has 4 nitrogen and oxygen atoms in total. The standard InChI is InChI=1S/C17H17F2N3O/c1-23-17-11-21(10-13-2-4-14(18)5-3-13)12-22(20-17)16-8-6-15(19)7-9-16/h2-9,11,20H,10,12H2,1H3. The molecule has 0 fully saturated rings. The van der Waals surface area contributed by atoms with Gasteiger partial charge in [-0.15, -0.1) is 0 Å². The summed E-state index contributed by atoms with van der Waals surface area (Å²) in [7, 11) is 1.57. The molecular weight excluding hydrogens is 300 g/mol. The maximum absolute atomic E-state index is 13.1. The zero-order chi connectivity index (χ0) is 16.2. The first-order valence-electron chi connectivity index (χ1n) is 7.18. The highest BCUT2D eigenvalue weighted by molar-refractivity contribution is 5.46. The molecule has 0 atom stereocenters. The maximum Gasteiger partial charge on any atom is 0.222 e. The van der Waals surface area contributed by atoms with Crippen LogP contribution in [0.25, 0.3) is 0 Å². The van der Waals surface area contributed by atoms with Crippen molar-refractivity contribution in [2.24, 2.45) is 0 Å². The van der Waals surface area contributed by atoms with E-state index in [-0.39, 0.29) is 11.6 Å². The molecule has 1 N–H and O–H groups in total.